The van der Waals surface area contributed by atoms with Gasteiger partial charge in [0, 0.05) is 0 Å². The van der Waals surface area contributed by atoms with E-state index in [1.165, 1.54) is 30.4 Å². The zero-order chi connectivity index (χ0) is 16.4. The van der Waals surface area contributed by atoms with E-state index in [4.69, 9.17) is 0 Å². The largest absolute Gasteiger partial charge is 0.508 e. The summed E-state index contributed by atoms with van der Waals surface area (Å²) in [6, 6.07) is 6.00. The summed E-state index contributed by atoms with van der Waals surface area (Å²) in [5, 5.41) is 20.5. The number of benzene rings is 1. The summed E-state index contributed by atoms with van der Waals surface area (Å²) in [5.74, 6) is 3.39. The number of aromatic hydroxyl groups is 1. The van der Waals surface area contributed by atoms with Gasteiger partial charge in [-0.15, -0.1) is 0 Å². The first kappa shape index (κ1) is 15.5. The number of phenolic OH excluding ortho intramolecular Hbond substituents is 1. The van der Waals surface area contributed by atoms with Gasteiger partial charge < -0.3 is 10.2 Å². The monoisotopic (exact) mass is 314 g/mol. The van der Waals surface area contributed by atoms with Gasteiger partial charge in [-0.1, -0.05) is 26.8 Å². The van der Waals surface area contributed by atoms with Crippen LogP contribution in [0.2, 0.25) is 0 Å². The molecule has 1 aromatic carbocycles. The van der Waals surface area contributed by atoms with Crippen LogP contribution in [0.1, 0.15) is 63.5 Å². The number of aliphatic hydroxyl groups excluding tert-OH is 1. The van der Waals surface area contributed by atoms with E-state index in [-0.39, 0.29) is 6.10 Å². The second-order valence-electron chi connectivity index (χ2n) is 9.00. The molecule has 2 nitrogen and oxygen atoms in total. The van der Waals surface area contributed by atoms with Crippen molar-refractivity contribution in [2.45, 2.75) is 64.9 Å². The second kappa shape index (κ2) is 5.24. The Bertz CT molecular complexity index is 608. The van der Waals surface area contributed by atoms with Crippen molar-refractivity contribution in [1.29, 1.82) is 0 Å². The molecule has 23 heavy (non-hydrogen) atoms. The number of hydrogen-bond acceptors (Lipinski definition) is 2. The summed E-state index contributed by atoms with van der Waals surface area (Å²) in [6.45, 7) is 7.02. The van der Waals surface area contributed by atoms with E-state index in [9.17, 15) is 10.2 Å². The third-order valence-electron chi connectivity index (χ3n) is 7.39. The topological polar surface area (TPSA) is 40.5 Å². The third kappa shape index (κ3) is 2.25. The molecule has 0 bridgehead atoms. The van der Waals surface area contributed by atoms with E-state index in [0.29, 0.717) is 40.8 Å². The highest BCUT2D eigenvalue weighted by Crippen LogP contribution is 2.63. The van der Waals surface area contributed by atoms with Crippen LogP contribution in [0.25, 0.3) is 0 Å². The molecule has 6 atom stereocenters. The van der Waals surface area contributed by atoms with Crippen molar-refractivity contribution < 1.29 is 10.2 Å². The van der Waals surface area contributed by atoms with E-state index in [2.05, 4.69) is 26.8 Å². The third-order valence-corrected chi connectivity index (χ3v) is 7.39. The fourth-order valence-corrected chi connectivity index (χ4v) is 6.59. The maximum Gasteiger partial charge on any atom is 0.115 e. The number of phenols is 1. The Morgan fingerprint density at radius 2 is 2.00 bits per heavy atom. The second-order valence-corrected chi connectivity index (χ2v) is 9.00. The lowest BCUT2D eigenvalue weighted by molar-refractivity contribution is 0.0121. The maximum atomic E-state index is 10.7. The average molecular weight is 314 g/mol. The zero-order valence-corrected chi connectivity index (χ0v) is 14.6. The Kier molecular flexibility index (Phi) is 3.53. The van der Waals surface area contributed by atoms with Crippen molar-refractivity contribution in [1.82, 2.24) is 0 Å². The first-order chi connectivity index (χ1) is 10.9. The van der Waals surface area contributed by atoms with Gasteiger partial charge >= 0.3 is 0 Å². The molecular formula is C21H30O2. The molecule has 2 saturated carbocycles. The number of fused-ring (bicyclic) bond motifs is 5. The summed E-state index contributed by atoms with van der Waals surface area (Å²) in [5.41, 5.74) is 3.16. The predicted molar refractivity (Wildman–Crippen MR) is 92.4 cm³/mol. The number of rotatable bonds is 1. The first-order valence-corrected chi connectivity index (χ1v) is 9.40. The molecule has 4 rings (SSSR count). The minimum absolute atomic E-state index is 0.120. The van der Waals surface area contributed by atoms with Gasteiger partial charge in [-0.25, -0.2) is 0 Å². The number of aliphatic hydroxyl groups is 1. The van der Waals surface area contributed by atoms with Crippen molar-refractivity contribution in [2.24, 2.45) is 29.1 Å². The highest BCUT2D eigenvalue weighted by atomic mass is 16.3. The molecule has 2 N–H and O–H groups in total. The minimum Gasteiger partial charge on any atom is -0.508 e. The van der Waals surface area contributed by atoms with Crippen LogP contribution in [0, 0.1) is 29.1 Å². The predicted octanol–water partition coefficient (Wildman–Crippen LogP) is 4.49. The molecule has 3 aliphatic carbocycles. The van der Waals surface area contributed by atoms with Gasteiger partial charge in [-0.3, -0.25) is 0 Å². The normalized spacial score (nSPS) is 42.2. The van der Waals surface area contributed by atoms with E-state index < -0.39 is 0 Å². The summed E-state index contributed by atoms with van der Waals surface area (Å²) in [6.07, 6.45) is 5.65. The van der Waals surface area contributed by atoms with Gasteiger partial charge in [0.25, 0.3) is 0 Å². The highest BCUT2D eigenvalue weighted by Gasteiger charge is 2.57. The standard InChI is InChI=1S/C21H30O2/c1-12(2)19-18(23)11-21(3)9-8-16-15-7-5-14(22)10-13(15)4-6-17(16)20(19)21/h5,7,10,12,16-20,22-23H,4,6,8-9,11H2,1-3H3/t16-,17-,18+,19+,20-,21-/m1/s1. The van der Waals surface area contributed by atoms with E-state index in [1.807, 2.05) is 12.1 Å². The molecule has 0 aliphatic heterocycles. The molecule has 1 aromatic rings. The Hall–Kier alpha value is -1.02. The van der Waals surface area contributed by atoms with Gasteiger partial charge in [-0.05, 0) is 90.4 Å². The van der Waals surface area contributed by atoms with Crippen molar-refractivity contribution >= 4 is 0 Å². The molecule has 0 amide bonds. The van der Waals surface area contributed by atoms with E-state index >= 15 is 0 Å². The van der Waals surface area contributed by atoms with E-state index in [0.717, 1.165) is 12.8 Å². The van der Waals surface area contributed by atoms with Crippen molar-refractivity contribution in [3.63, 3.8) is 0 Å². The Morgan fingerprint density at radius 3 is 2.74 bits per heavy atom. The molecular weight excluding hydrogens is 284 g/mol. The molecule has 126 valence electrons. The summed E-state index contributed by atoms with van der Waals surface area (Å²) in [4.78, 5) is 0. The van der Waals surface area contributed by atoms with Crippen LogP contribution >= 0.6 is 0 Å². The minimum atomic E-state index is -0.120. The van der Waals surface area contributed by atoms with Crippen LogP contribution in [-0.2, 0) is 6.42 Å². The quantitative estimate of drug-likeness (QED) is 0.801. The van der Waals surface area contributed by atoms with Crippen molar-refractivity contribution in [2.75, 3.05) is 0 Å². The lowest BCUT2D eigenvalue weighted by Crippen LogP contribution is -2.43. The zero-order valence-electron chi connectivity index (χ0n) is 14.6. The molecule has 2 heteroatoms. The summed E-state index contributed by atoms with van der Waals surface area (Å²) >= 11 is 0. The SMILES string of the molecule is CC(C)[C@@H]1[C@H]2[C@@H]3CCc4cc(O)ccc4[C@H]3CC[C@]2(C)C[C@@H]1O. The fraction of sp³-hybridized carbons (Fsp3) is 0.714. The van der Waals surface area contributed by atoms with Crippen molar-refractivity contribution in [3.8, 4) is 5.75 Å². The lowest BCUT2D eigenvalue weighted by atomic mass is 9.53. The highest BCUT2D eigenvalue weighted by molar-refractivity contribution is 5.40. The van der Waals surface area contributed by atoms with Crippen LogP contribution in [0.3, 0.4) is 0 Å². The average Bonchev–Trinajstić information content (AvgIpc) is 2.77. The molecule has 0 aromatic heterocycles. The maximum absolute atomic E-state index is 10.7. The molecule has 0 unspecified atom stereocenters. The van der Waals surface area contributed by atoms with Crippen molar-refractivity contribution in [3.05, 3.63) is 29.3 Å². The molecule has 0 spiro atoms. The molecule has 2 fully saturated rings. The lowest BCUT2D eigenvalue weighted by Gasteiger charge is -2.51. The number of aryl methyl sites for hydroxylation is 1. The smallest absolute Gasteiger partial charge is 0.115 e. The van der Waals surface area contributed by atoms with Crippen LogP contribution in [0.4, 0.5) is 0 Å². The summed E-state index contributed by atoms with van der Waals surface area (Å²) in [7, 11) is 0. The van der Waals surface area contributed by atoms with Crippen LogP contribution in [-0.4, -0.2) is 16.3 Å². The van der Waals surface area contributed by atoms with Crippen LogP contribution < -0.4 is 0 Å². The molecule has 0 saturated heterocycles. The number of hydrogen-bond donors (Lipinski definition) is 2. The molecule has 0 heterocycles. The van der Waals surface area contributed by atoms with Crippen LogP contribution in [0.5, 0.6) is 5.75 Å². The summed E-state index contributed by atoms with van der Waals surface area (Å²) < 4.78 is 0. The van der Waals surface area contributed by atoms with Gasteiger partial charge in [0.1, 0.15) is 5.75 Å². The van der Waals surface area contributed by atoms with Gasteiger partial charge in [0.15, 0.2) is 0 Å². The van der Waals surface area contributed by atoms with Gasteiger partial charge in [0.05, 0.1) is 6.10 Å². The molecule has 0 radical (unpaired) electrons. The first-order valence-electron chi connectivity index (χ1n) is 9.40. The van der Waals surface area contributed by atoms with E-state index in [1.54, 1.807) is 0 Å². The van der Waals surface area contributed by atoms with Gasteiger partial charge in [-0.2, -0.15) is 0 Å². The fourth-order valence-electron chi connectivity index (χ4n) is 6.59. The Balaban J connectivity index is 1.73. The molecule has 3 aliphatic rings. The Morgan fingerprint density at radius 1 is 1.22 bits per heavy atom. The van der Waals surface area contributed by atoms with Crippen LogP contribution in [0.15, 0.2) is 18.2 Å². The Labute approximate surface area is 139 Å². The van der Waals surface area contributed by atoms with Gasteiger partial charge in [0.2, 0.25) is 0 Å².